The van der Waals surface area contributed by atoms with Crippen LogP contribution in [0.25, 0.3) is 20.8 Å². The van der Waals surface area contributed by atoms with Crippen LogP contribution >= 0.6 is 11.3 Å². The summed E-state index contributed by atoms with van der Waals surface area (Å²) in [6.45, 7) is 0. The van der Waals surface area contributed by atoms with Gasteiger partial charge in [-0.3, -0.25) is 10.1 Å². The van der Waals surface area contributed by atoms with Crippen LogP contribution in [0.3, 0.4) is 0 Å². The van der Waals surface area contributed by atoms with Crippen molar-refractivity contribution in [3.63, 3.8) is 0 Å². The Morgan fingerprint density at radius 3 is 2.60 bits per heavy atom. The Morgan fingerprint density at radius 1 is 1.20 bits per heavy atom. The van der Waals surface area contributed by atoms with Gasteiger partial charge >= 0.3 is 0 Å². The van der Waals surface area contributed by atoms with Crippen LogP contribution in [0.4, 0.5) is 5.69 Å². The number of aromatic nitrogens is 1. The van der Waals surface area contributed by atoms with Crippen LogP contribution in [0.15, 0.2) is 42.5 Å². The van der Waals surface area contributed by atoms with Crippen LogP contribution < -0.4 is 4.74 Å². The van der Waals surface area contributed by atoms with Crippen molar-refractivity contribution in [3.05, 3.63) is 52.6 Å². The lowest BCUT2D eigenvalue weighted by molar-refractivity contribution is -0.384. The maximum Gasteiger partial charge on any atom is 0.269 e. The van der Waals surface area contributed by atoms with Crippen molar-refractivity contribution < 1.29 is 9.66 Å². The van der Waals surface area contributed by atoms with Gasteiger partial charge in [0, 0.05) is 17.7 Å². The standard InChI is InChI=1S/C14H10N2O3S/c1-19-12-4-2-3-11-13(12)20-14(15-11)9-5-7-10(8-6-9)16(17)18/h2-8H,1H3. The molecule has 3 rings (SSSR count). The van der Waals surface area contributed by atoms with E-state index in [0.717, 1.165) is 26.5 Å². The molecule has 0 fully saturated rings. The number of nitro groups is 1. The van der Waals surface area contributed by atoms with Crippen LogP contribution in [0.1, 0.15) is 0 Å². The largest absolute Gasteiger partial charge is 0.495 e. The van der Waals surface area contributed by atoms with E-state index in [9.17, 15) is 10.1 Å². The molecule has 0 aliphatic carbocycles. The number of hydrogen-bond donors (Lipinski definition) is 0. The molecule has 0 aliphatic heterocycles. The average molecular weight is 286 g/mol. The first-order chi connectivity index (χ1) is 9.69. The van der Waals surface area contributed by atoms with Gasteiger partial charge in [-0.05, 0) is 24.3 Å². The van der Waals surface area contributed by atoms with E-state index in [1.54, 1.807) is 19.2 Å². The fourth-order valence-electron chi connectivity index (χ4n) is 1.93. The van der Waals surface area contributed by atoms with Gasteiger partial charge < -0.3 is 4.74 Å². The quantitative estimate of drug-likeness (QED) is 0.541. The van der Waals surface area contributed by atoms with Gasteiger partial charge in [-0.15, -0.1) is 11.3 Å². The summed E-state index contributed by atoms with van der Waals surface area (Å²) >= 11 is 1.51. The Morgan fingerprint density at radius 2 is 1.95 bits per heavy atom. The number of hydrogen-bond acceptors (Lipinski definition) is 5. The normalized spacial score (nSPS) is 10.7. The molecular formula is C14H10N2O3S. The Balaban J connectivity index is 2.08. The molecule has 0 saturated heterocycles. The zero-order chi connectivity index (χ0) is 14.1. The molecule has 1 heterocycles. The Hall–Kier alpha value is -2.47. The molecule has 5 nitrogen and oxygen atoms in total. The van der Waals surface area contributed by atoms with Crippen LogP contribution in [0.5, 0.6) is 5.75 Å². The van der Waals surface area contributed by atoms with Crippen LogP contribution in [0.2, 0.25) is 0 Å². The summed E-state index contributed by atoms with van der Waals surface area (Å²) in [7, 11) is 1.63. The van der Waals surface area contributed by atoms with Gasteiger partial charge in [0.2, 0.25) is 0 Å². The first kappa shape index (κ1) is 12.6. The van der Waals surface area contributed by atoms with Gasteiger partial charge in [-0.25, -0.2) is 4.98 Å². The molecule has 0 radical (unpaired) electrons. The van der Waals surface area contributed by atoms with E-state index in [2.05, 4.69) is 4.98 Å². The number of methoxy groups -OCH3 is 1. The molecule has 0 unspecified atom stereocenters. The summed E-state index contributed by atoms with van der Waals surface area (Å²) in [5, 5.41) is 11.5. The van der Waals surface area contributed by atoms with Gasteiger partial charge in [0.15, 0.2) is 0 Å². The highest BCUT2D eigenvalue weighted by Gasteiger charge is 2.11. The van der Waals surface area contributed by atoms with Gasteiger partial charge in [0.1, 0.15) is 10.8 Å². The van der Waals surface area contributed by atoms with Crippen LogP contribution in [0, 0.1) is 10.1 Å². The lowest BCUT2D eigenvalue weighted by atomic mass is 10.2. The van der Waals surface area contributed by atoms with E-state index < -0.39 is 4.92 Å². The summed E-state index contributed by atoms with van der Waals surface area (Å²) < 4.78 is 6.28. The highest BCUT2D eigenvalue weighted by atomic mass is 32.1. The van der Waals surface area contributed by atoms with E-state index in [0.29, 0.717) is 0 Å². The SMILES string of the molecule is COc1cccc2nc(-c3ccc([N+](=O)[O-])cc3)sc12. The number of benzene rings is 2. The zero-order valence-electron chi connectivity index (χ0n) is 10.6. The summed E-state index contributed by atoms with van der Waals surface area (Å²) in [5.74, 6) is 0.785. The fraction of sp³-hybridized carbons (Fsp3) is 0.0714. The average Bonchev–Trinajstić information content (AvgIpc) is 2.91. The number of fused-ring (bicyclic) bond motifs is 1. The maximum absolute atomic E-state index is 10.6. The predicted octanol–water partition coefficient (Wildman–Crippen LogP) is 3.88. The van der Waals surface area contributed by atoms with Crippen molar-refractivity contribution in [3.8, 4) is 16.3 Å². The Bertz CT molecular complexity index is 781. The monoisotopic (exact) mass is 286 g/mol. The second-order valence-electron chi connectivity index (χ2n) is 4.13. The van der Waals surface area contributed by atoms with E-state index in [1.165, 1.54) is 23.5 Å². The second-order valence-corrected chi connectivity index (χ2v) is 5.13. The molecule has 0 aliphatic rings. The molecule has 3 aromatic rings. The molecule has 0 saturated carbocycles. The van der Waals surface area contributed by atoms with E-state index in [1.807, 2.05) is 18.2 Å². The fourth-order valence-corrected chi connectivity index (χ4v) is 3.00. The molecule has 0 amide bonds. The van der Waals surface area contributed by atoms with Gasteiger partial charge in [-0.2, -0.15) is 0 Å². The molecule has 0 N–H and O–H groups in total. The number of non-ortho nitro benzene ring substituents is 1. The van der Waals surface area contributed by atoms with Crippen molar-refractivity contribution in [1.29, 1.82) is 0 Å². The van der Waals surface area contributed by atoms with E-state index in [-0.39, 0.29) is 5.69 Å². The number of ether oxygens (including phenoxy) is 1. The van der Waals surface area contributed by atoms with Crippen LogP contribution in [-0.2, 0) is 0 Å². The molecule has 6 heteroatoms. The number of rotatable bonds is 3. The Labute approximate surface area is 118 Å². The lowest BCUT2D eigenvalue weighted by Crippen LogP contribution is -1.86. The highest BCUT2D eigenvalue weighted by Crippen LogP contribution is 2.36. The molecule has 20 heavy (non-hydrogen) atoms. The molecular weight excluding hydrogens is 276 g/mol. The van der Waals surface area contributed by atoms with Crippen molar-refractivity contribution in [2.75, 3.05) is 7.11 Å². The zero-order valence-corrected chi connectivity index (χ0v) is 11.4. The minimum Gasteiger partial charge on any atom is -0.495 e. The maximum atomic E-state index is 10.6. The van der Waals surface area contributed by atoms with Crippen molar-refractivity contribution in [2.24, 2.45) is 0 Å². The van der Waals surface area contributed by atoms with Gasteiger partial charge in [0.25, 0.3) is 5.69 Å². The molecule has 2 aromatic carbocycles. The summed E-state index contributed by atoms with van der Waals surface area (Å²) in [6.07, 6.45) is 0. The van der Waals surface area contributed by atoms with E-state index >= 15 is 0 Å². The number of thiazole rings is 1. The topological polar surface area (TPSA) is 65.3 Å². The van der Waals surface area contributed by atoms with Gasteiger partial charge in [0.05, 0.1) is 22.2 Å². The second kappa shape index (κ2) is 4.90. The van der Waals surface area contributed by atoms with Crippen molar-refractivity contribution in [2.45, 2.75) is 0 Å². The smallest absolute Gasteiger partial charge is 0.269 e. The summed E-state index contributed by atoms with van der Waals surface area (Å²) in [5.41, 5.74) is 1.80. The molecule has 0 spiro atoms. The lowest BCUT2D eigenvalue weighted by Gasteiger charge is -1.98. The summed E-state index contributed by atoms with van der Waals surface area (Å²) in [4.78, 5) is 14.8. The van der Waals surface area contributed by atoms with Crippen molar-refractivity contribution >= 4 is 27.2 Å². The third kappa shape index (κ3) is 2.10. The number of nitro benzene ring substituents is 1. The summed E-state index contributed by atoms with van der Waals surface area (Å²) in [6, 6.07) is 12.1. The van der Waals surface area contributed by atoms with Crippen molar-refractivity contribution in [1.82, 2.24) is 4.98 Å². The first-order valence-corrected chi connectivity index (χ1v) is 6.69. The Kier molecular flexibility index (Phi) is 3.08. The number of nitrogens with zero attached hydrogens (tertiary/aromatic N) is 2. The third-order valence-electron chi connectivity index (χ3n) is 2.92. The minimum absolute atomic E-state index is 0.0763. The third-order valence-corrected chi connectivity index (χ3v) is 4.06. The minimum atomic E-state index is -0.412. The van der Waals surface area contributed by atoms with Gasteiger partial charge in [-0.1, -0.05) is 6.07 Å². The predicted molar refractivity (Wildman–Crippen MR) is 78.3 cm³/mol. The molecule has 100 valence electrons. The molecule has 0 bridgehead atoms. The van der Waals surface area contributed by atoms with E-state index in [4.69, 9.17) is 4.74 Å². The molecule has 0 atom stereocenters. The highest BCUT2D eigenvalue weighted by molar-refractivity contribution is 7.22. The van der Waals surface area contributed by atoms with Crippen LogP contribution in [-0.4, -0.2) is 17.0 Å². The molecule has 1 aromatic heterocycles. The first-order valence-electron chi connectivity index (χ1n) is 5.87.